The van der Waals surface area contributed by atoms with E-state index in [1.54, 1.807) is 25.6 Å². The maximum Gasteiger partial charge on any atom is 0.230 e. The van der Waals surface area contributed by atoms with Gasteiger partial charge in [-0.3, -0.25) is 4.79 Å². The Balaban J connectivity index is 1.17. The molecular formula is C31H36N6O3S2. The number of ether oxygens (including phenoxy) is 2. The third-order valence-corrected chi connectivity index (χ3v) is 9.25. The van der Waals surface area contributed by atoms with Gasteiger partial charge < -0.3 is 20.1 Å². The number of methoxy groups -OCH3 is 2. The van der Waals surface area contributed by atoms with Crippen LogP contribution in [0.15, 0.2) is 60.3 Å². The molecule has 42 heavy (non-hydrogen) atoms. The average Bonchev–Trinajstić information content (AvgIpc) is 3.67. The maximum atomic E-state index is 12.6. The summed E-state index contributed by atoms with van der Waals surface area (Å²) in [6.07, 6.45) is 8.30. The zero-order chi connectivity index (χ0) is 29.3. The van der Waals surface area contributed by atoms with Crippen LogP contribution < -0.4 is 20.1 Å². The molecule has 1 saturated carbocycles. The zero-order valence-electron chi connectivity index (χ0n) is 24.1. The van der Waals surface area contributed by atoms with Crippen LogP contribution in [0.25, 0.3) is 0 Å². The van der Waals surface area contributed by atoms with Gasteiger partial charge in [0, 0.05) is 24.0 Å². The van der Waals surface area contributed by atoms with Crippen molar-refractivity contribution >= 4 is 38.8 Å². The number of hydrogen-bond acceptors (Lipinski definition) is 10. The maximum absolute atomic E-state index is 12.6. The van der Waals surface area contributed by atoms with E-state index in [1.165, 1.54) is 16.9 Å². The fourth-order valence-electron chi connectivity index (χ4n) is 5.22. The highest BCUT2D eigenvalue weighted by Crippen LogP contribution is 2.43. The molecule has 0 saturated heterocycles. The van der Waals surface area contributed by atoms with Gasteiger partial charge in [0.05, 0.1) is 20.6 Å². The topological polar surface area (TPSA) is 111 Å². The summed E-state index contributed by atoms with van der Waals surface area (Å²) in [4.78, 5) is 12.6. The second kappa shape index (κ2) is 14.4. The Labute approximate surface area is 254 Å². The van der Waals surface area contributed by atoms with Crippen LogP contribution in [0.5, 0.6) is 11.5 Å². The van der Waals surface area contributed by atoms with Gasteiger partial charge in [-0.05, 0) is 61.1 Å². The standard InChI is InChI=1S/C31H36N6O3S2/c1-4-8-24(15-20-9-5-13-25(16-20)39-2)32-30-36-34-28(41-30)22-11-7-12-23(19-22)29-35-37-31(42-29)33-27(38)18-21-10-6-14-26(17-21)40-3/h5-6,8-10,13-14,16-17,22-23H,4,7,11-12,15,18-19H2,1-3H3,(H,32,36)(H,33,37,38)/b24-8+/t22-,23?/m0/s1. The van der Waals surface area contributed by atoms with Crippen molar-refractivity contribution < 1.29 is 14.3 Å². The first-order chi connectivity index (χ1) is 20.5. The molecule has 0 radical (unpaired) electrons. The summed E-state index contributed by atoms with van der Waals surface area (Å²) in [6.45, 7) is 2.13. The van der Waals surface area contributed by atoms with Gasteiger partial charge in [0.25, 0.3) is 0 Å². The van der Waals surface area contributed by atoms with Gasteiger partial charge in [-0.25, -0.2) is 0 Å². The molecule has 5 rings (SSSR count). The monoisotopic (exact) mass is 604 g/mol. The average molecular weight is 605 g/mol. The molecule has 11 heteroatoms. The van der Waals surface area contributed by atoms with E-state index in [-0.39, 0.29) is 18.2 Å². The van der Waals surface area contributed by atoms with E-state index < -0.39 is 0 Å². The molecule has 1 aliphatic carbocycles. The van der Waals surface area contributed by atoms with Gasteiger partial charge >= 0.3 is 0 Å². The van der Waals surface area contributed by atoms with Crippen LogP contribution in [-0.4, -0.2) is 40.5 Å². The van der Waals surface area contributed by atoms with Crippen LogP contribution >= 0.6 is 22.7 Å². The molecule has 2 heterocycles. The third-order valence-electron chi connectivity index (χ3n) is 7.25. The van der Waals surface area contributed by atoms with E-state index in [2.05, 4.69) is 56.2 Å². The van der Waals surface area contributed by atoms with E-state index in [0.717, 1.165) is 76.4 Å². The summed E-state index contributed by atoms with van der Waals surface area (Å²) in [5.74, 6) is 2.07. The van der Waals surface area contributed by atoms with Crippen molar-refractivity contribution in [3.63, 3.8) is 0 Å². The summed E-state index contributed by atoms with van der Waals surface area (Å²) >= 11 is 3.09. The Bertz CT molecular complexity index is 1520. The smallest absolute Gasteiger partial charge is 0.230 e. The molecule has 0 aliphatic heterocycles. The highest BCUT2D eigenvalue weighted by molar-refractivity contribution is 7.15. The number of aromatic nitrogens is 4. The number of nitrogens with one attached hydrogen (secondary N) is 2. The molecular weight excluding hydrogens is 569 g/mol. The van der Waals surface area contributed by atoms with Gasteiger partial charge in [0.2, 0.25) is 16.2 Å². The number of carbonyl (C=O) groups excluding carboxylic acids is 1. The fraction of sp³-hybridized carbons (Fsp3) is 0.387. The highest BCUT2D eigenvalue weighted by atomic mass is 32.1. The number of amides is 1. The van der Waals surface area contributed by atoms with Crippen LogP contribution in [0.2, 0.25) is 0 Å². The molecule has 220 valence electrons. The lowest BCUT2D eigenvalue weighted by atomic mass is 9.82. The van der Waals surface area contributed by atoms with Crippen LogP contribution in [0.1, 0.15) is 72.0 Å². The van der Waals surface area contributed by atoms with Crippen molar-refractivity contribution in [1.82, 2.24) is 20.4 Å². The van der Waals surface area contributed by atoms with Crippen molar-refractivity contribution in [3.8, 4) is 11.5 Å². The minimum absolute atomic E-state index is 0.121. The number of rotatable bonds is 12. The van der Waals surface area contributed by atoms with Crippen molar-refractivity contribution in [2.45, 2.75) is 63.7 Å². The second-order valence-corrected chi connectivity index (χ2v) is 12.3. The lowest BCUT2D eigenvalue weighted by Crippen LogP contribution is -2.14. The first-order valence-corrected chi connectivity index (χ1v) is 15.8. The second-order valence-electron chi connectivity index (χ2n) is 10.3. The number of nitrogens with zero attached hydrogens (tertiary/aromatic N) is 4. The number of allylic oxidation sites excluding steroid dienone is 2. The molecule has 4 aromatic rings. The molecule has 1 unspecified atom stereocenters. The van der Waals surface area contributed by atoms with Crippen molar-refractivity contribution in [2.75, 3.05) is 24.9 Å². The summed E-state index contributed by atoms with van der Waals surface area (Å²) in [6, 6.07) is 15.6. The molecule has 9 nitrogen and oxygen atoms in total. The van der Waals surface area contributed by atoms with Gasteiger partial charge in [-0.2, -0.15) is 0 Å². The minimum atomic E-state index is -0.121. The number of hydrogen-bond donors (Lipinski definition) is 2. The Morgan fingerprint density at radius 2 is 1.43 bits per heavy atom. The largest absolute Gasteiger partial charge is 0.497 e. The molecule has 0 bridgehead atoms. The number of anilines is 2. The fourth-order valence-corrected chi connectivity index (χ4v) is 7.05. The molecule has 1 aliphatic rings. The van der Waals surface area contributed by atoms with Crippen molar-refractivity contribution in [2.24, 2.45) is 0 Å². The summed E-state index contributed by atoms with van der Waals surface area (Å²) in [7, 11) is 3.30. The van der Waals surface area contributed by atoms with Crippen molar-refractivity contribution in [1.29, 1.82) is 0 Å². The summed E-state index contributed by atoms with van der Waals surface area (Å²) in [5, 5.41) is 27.5. The van der Waals surface area contributed by atoms with E-state index in [9.17, 15) is 4.79 Å². The number of carbonyl (C=O) groups is 1. The Hall–Kier alpha value is -3.83. The van der Waals surface area contributed by atoms with E-state index in [1.807, 2.05) is 36.4 Å². The SMILES string of the molecule is CC/C=C(\Cc1cccc(OC)c1)Nc1nnc([C@H]2CCCC(c3nnc(NC(=O)Cc4cccc(OC)c4)s3)C2)s1. The third kappa shape index (κ3) is 7.92. The molecule has 2 aromatic heterocycles. The van der Waals surface area contributed by atoms with Crippen LogP contribution in [0.4, 0.5) is 10.3 Å². The normalized spacial score (nSPS) is 17.1. The zero-order valence-corrected chi connectivity index (χ0v) is 25.8. The molecule has 2 N–H and O–H groups in total. The summed E-state index contributed by atoms with van der Waals surface area (Å²) < 4.78 is 10.6. The van der Waals surface area contributed by atoms with Gasteiger partial charge in [0.1, 0.15) is 21.5 Å². The summed E-state index contributed by atoms with van der Waals surface area (Å²) in [5.41, 5.74) is 3.16. The van der Waals surface area contributed by atoms with E-state index >= 15 is 0 Å². The first kappa shape index (κ1) is 29.7. The van der Waals surface area contributed by atoms with Crippen LogP contribution in [-0.2, 0) is 17.6 Å². The van der Waals surface area contributed by atoms with Gasteiger partial charge in [-0.15, -0.1) is 20.4 Å². The van der Waals surface area contributed by atoms with Gasteiger partial charge in [0.15, 0.2) is 0 Å². The molecule has 0 spiro atoms. The lowest BCUT2D eigenvalue weighted by Gasteiger charge is -2.25. The minimum Gasteiger partial charge on any atom is -0.497 e. The van der Waals surface area contributed by atoms with Crippen LogP contribution in [0.3, 0.4) is 0 Å². The molecule has 2 aromatic carbocycles. The van der Waals surface area contributed by atoms with Gasteiger partial charge in [-0.1, -0.05) is 66.4 Å². The van der Waals surface area contributed by atoms with E-state index in [4.69, 9.17) is 9.47 Å². The molecule has 1 fully saturated rings. The van der Waals surface area contributed by atoms with Crippen LogP contribution in [0, 0.1) is 0 Å². The number of benzene rings is 2. The predicted octanol–water partition coefficient (Wildman–Crippen LogP) is 6.98. The quantitative estimate of drug-likeness (QED) is 0.178. The highest BCUT2D eigenvalue weighted by Gasteiger charge is 2.29. The first-order valence-electron chi connectivity index (χ1n) is 14.2. The molecule has 1 amide bonds. The Morgan fingerprint density at radius 3 is 2.00 bits per heavy atom. The molecule has 2 atom stereocenters. The van der Waals surface area contributed by atoms with E-state index in [0.29, 0.717) is 11.0 Å². The Morgan fingerprint density at radius 1 is 0.857 bits per heavy atom. The van der Waals surface area contributed by atoms with Crippen molar-refractivity contribution in [3.05, 3.63) is 81.4 Å². The lowest BCUT2D eigenvalue weighted by molar-refractivity contribution is -0.115. The predicted molar refractivity (Wildman–Crippen MR) is 168 cm³/mol. The Kier molecular flexibility index (Phi) is 10.1.